The van der Waals surface area contributed by atoms with Crippen LogP contribution in [0, 0.1) is 0 Å². The number of benzene rings is 2. The SMILES string of the molecule is CC(Cc1c[nH]c2ccccc12)N(Oc1cncc(-c2ccc3c(c2)C(=O)NC3=O)c1)C(=O)O. The second-order valence-electron chi connectivity index (χ2n) is 8.07. The van der Waals surface area contributed by atoms with Gasteiger partial charge in [0.05, 0.1) is 23.4 Å². The number of hydrogen-bond acceptors (Lipinski definition) is 5. The predicted molar refractivity (Wildman–Crippen MR) is 123 cm³/mol. The van der Waals surface area contributed by atoms with Gasteiger partial charge in [0.25, 0.3) is 11.8 Å². The molecule has 0 radical (unpaired) electrons. The van der Waals surface area contributed by atoms with Crippen molar-refractivity contribution < 1.29 is 24.3 Å². The first kappa shape index (κ1) is 21.2. The number of carboxylic acid groups (broad SMARTS) is 1. The monoisotopic (exact) mass is 456 g/mol. The first-order valence-electron chi connectivity index (χ1n) is 10.6. The molecule has 4 aromatic rings. The Hall–Kier alpha value is -4.66. The van der Waals surface area contributed by atoms with Crippen LogP contribution in [0.2, 0.25) is 0 Å². The number of pyridine rings is 1. The van der Waals surface area contributed by atoms with Crippen LogP contribution in [0.5, 0.6) is 5.75 Å². The average Bonchev–Trinajstić information content (AvgIpc) is 3.37. The first-order valence-corrected chi connectivity index (χ1v) is 10.6. The summed E-state index contributed by atoms with van der Waals surface area (Å²) in [6.45, 7) is 1.77. The van der Waals surface area contributed by atoms with Gasteiger partial charge in [-0.2, -0.15) is 0 Å². The van der Waals surface area contributed by atoms with E-state index < -0.39 is 23.9 Å². The molecular formula is C25H20N4O5. The second kappa shape index (κ2) is 8.36. The zero-order valence-corrected chi connectivity index (χ0v) is 18.1. The number of rotatable bonds is 6. The summed E-state index contributed by atoms with van der Waals surface area (Å²) in [5, 5.41) is 14.0. The molecule has 3 heterocycles. The molecule has 2 aromatic carbocycles. The Bertz CT molecular complexity index is 1440. The molecule has 0 spiro atoms. The standard InChI is InChI=1S/C25H20N4O5/c1-14(8-17-12-27-22-5-3-2-4-19(17)22)29(25(32)33)34-18-9-16(11-26-13-18)15-6-7-20-21(10-15)24(31)28-23(20)30/h2-7,9-14,27H,8H2,1H3,(H,32,33)(H,28,30,31). The lowest BCUT2D eigenvalue weighted by Crippen LogP contribution is -2.41. The number of hydroxylamine groups is 2. The molecule has 34 heavy (non-hydrogen) atoms. The molecular weight excluding hydrogens is 436 g/mol. The van der Waals surface area contributed by atoms with E-state index in [-0.39, 0.29) is 11.3 Å². The highest BCUT2D eigenvalue weighted by molar-refractivity contribution is 6.21. The van der Waals surface area contributed by atoms with Crippen LogP contribution in [0.4, 0.5) is 4.79 Å². The number of carbonyl (C=O) groups is 3. The summed E-state index contributed by atoms with van der Waals surface area (Å²) in [5.41, 5.74) is 3.83. The highest BCUT2D eigenvalue weighted by Crippen LogP contribution is 2.28. The Kier molecular flexibility index (Phi) is 5.21. The van der Waals surface area contributed by atoms with E-state index in [1.165, 1.54) is 6.20 Å². The molecule has 2 aromatic heterocycles. The van der Waals surface area contributed by atoms with E-state index in [0.717, 1.165) is 21.5 Å². The molecule has 170 valence electrons. The lowest BCUT2D eigenvalue weighted by Gasteiger charge is -2.25. The van der Waals surface area contributed by atoms with Crippen molar-refractivity contribution in [1.82, 2.24) is 20.3 Å². The minimum Gasteiger partial charge on any atom is -0.463 e. The minimum atomic E-state index is -1.23. The summed E-state index contributed by atoms with van der Waals surface area (Å²) in [5.74, 6) is -0.653. The van der Waals surface area contributed by atoms with Gasteiger partial charge in [0.2, 0.25) is 0 Å². The predicted octanol–water partition coefficient (Wildman–Crippen LogP) is 4.02. The third kappa shape index (κ3) is 3.83. The van der Waals surface area contributed by atoms with Crippen LogP contribution in [0.3, 0.4) is 0 Å². The largest absolute Gasteiger partial charge is 0.463 e. The molecule has 1 aliphatic rings. The second-order valence-corrected chi connectivity index (χ2v) is 8.07. The van der Waals surface area contributed by atoms with Crippen LogP contribution in [0.25, 0.3) is 22.0 Å². The van der Waals surface area contributed by atoms with E-state index in [9.17, 15) is 19.5 Å². The number of amides is 3. The van der Waals surface area contributed by atoms with E-state index in [1.807, 2.05) is 30.5 Å². The normalized spacial score (nSPS) is 13.4. The van der Waals surface area contributed by atoms with Crippen LogP contribution in [-0.4, -0.2) is 44.1 Å². The maximum atomic E-state index is 12.0. The van der Waals surface area contributed by atoms with Gasteiger partial charge in [0.1, 0.15) is 0 Å². The van der Waals surface area contributed by atoms with Crippen LogP contribution >= 0.6 is 0 Å². The molecule has 0 fully saturated rings. The van der Waals surface area contributed by atoms with Crippen molar-refractivity contribution in [3.05, 3.63) is 83.8 Å². The summed E-state index contributed by atoms with van der Waals surface area (Å²) in [6, 6.07) is 13.8. The number of aromatic amines is 1. The average molecular weight is 456 g/mol. The fourth-order valence-corrected chi connectivity index (χ4v) is 4.11. The van der Waals surface area contributed by atoms with Crippen molar-refractivity contribution in [2.45, 2.75) is 19.4 Å². The zero-order valence-electron chi connectivity index (χ0n) is 18.1. The quantitative estimate of drug-likeness (QED) is 0.297. The third-order valence-electron chi connectivity index (χ3n) is 5.77. The third-order valence-corrected chi connectivity index (χ3v) is 5.77. The van der Waals surface area contributed by atoms with Crippen molar-refractivity contribution >= 4 is 28.8 Å². The van der Waals surface area contributed by atoms with E-state index in [1.54, 1.807) is 37.4 Å². The molecule has 1 atom stereocenters. The molecule has 1 aliphatic heterocycles. The van der Waals surface area contributed by atoms with Crippen molar-refractivity contribution in [3.8, 4) is 16.9 Å². The summed E-state index contributed by atoms with van der Waals surface area (Å²) in [7, 11) is 0. The Morgan fingerprint density at radius 3 is 2.68 bits per heavy atom. The van der Waals surface area contributed by atoms with Gasteiger partial charge in [-0.25, -0.2) is 4.79 Å². The van der Waals surface area contributed by atoms with E-state index in [4.69, 9.17) is 4.84 Å². The maximum absolute atomic E-state index is 12.0. The smallest absolute Gasteiger partial charge is 0.441 e. The Balaban J connectivity index is 1.38. The van der Waals surface area contributed by atoms with Crippen LogP contribution in [0.15, 0.2) is 67.1 Å². The van der Waals surface area contributed by atoms with Crippen molar-refractivity contribution in [2.24, 2.45) is 0 Å². The number of hydrogen-bond donors (Lipinski definition) is 3. The highest BCUT2D eigenvalue weighted by atomic mass is 16.7. The van der Waals surface area contributed by atoms with Gasteiger partial charge >= 0.3 is 6.09 Å². The van der Waals surface area contributed by atoms with Gasteiger partial charge in [0, 0.05) is 28.9 Å². The van der Waals surface area contributed by atoms with E-state index >= 15 is 0 Å². The van der Waals surface area contributed by atoms with E-state index in [2.05, 4.69) is 15.3 Å². The number of fused-ring (bicyclic) bond motifs is 2. The van der Waals surface area contributed by atoms with Crippen molar-refractivity contribution in [3.63, 3.8) is 0 Å². The molecule has 9 heteroatoms. The molecule has 9 nitrogen and oxygen atoms in total. The molecule has 0 saturated heterocycles. The Morgan fingerprint density at radius 2 is 1.85 bits per heavy atom. The Morgan fingerprint density at radius 1 is 1.06 bits per heavy atom. The molecule has 3 amide bonds. The van der Waals surface area contributed by atoms with Crippen molar-refractivity contribution in [2.75, 3.05) is 0 Å². The van der Waals surface area contributed by atoms with Crippen LogP contribution in [-0.2, 0) is 6.42 Å². The molecule has 0 saturated carbocycles. The summed E-state index contributed by atoms with van der Waals surface area (Å²) >= 11 is 0. The number of nitrogens with one attached hydrogen (secondary N) is 2. The molecule has 3 N–H and O–H groups in total. The molecule has 0 bridgehead atoms. The zero-order chi connectivity index (χ0) is 23.8. The van der Waals surface area contributed by atoms with Gasteiger partial charge in [0.15, 0.2) is 5.75 Å². The lowest BCUT2D eigenvalue weighted by atomic mass is 10.0. The fraction of sp³-hybridized carbons (Fsp3) is 0.120. The van der Waals surface area contributed by atoms with Crippen LogP contribution in [0.1, 0.15) is 33.2 Å². The van der Waals surface area contributed by atoms with Crippen molar-refractivity contribution in [1.29, 1.82) is 0 Å². The number of imide groups is 1. The minimum absolute atomic E-state index is 0.228. The number of H-pyrrole nitrogens is 1. The van der Waals surface area contributed by atoms with Gasteiger partial charge in [-0.1, -0.05) is 24.3 Å². The van der Waals surface area contributed by atoms with Crippen LogP contribution < -0.4 is 10.2 Å². The summed E-state index contributed by atoms with van der Waals surface area (Å²) in [6.07, 6.45) is 4.08. The fourth-order valence-electron chi connectivity index (χ4n) is 4.11. The van der Waals surface area contributed by atoms with E-state index in [0.29, 0.717) is 23.1 Å². The molecule has 0 aliphatic carbocycles. The number of nitrogens with zero attached hydrogens (tertiary/aromatic N) is 2. The first-order chi connectivity index (χ1) is 16.4. The number of para-hydroxylation sites is 1. The maximum Gasteiger partial charge on any atom is 0.441 e. The number of aromatic nitrogens is 2. The Labute approximate surface area is 193 Å². The molecule has 5 rings (SSSR count). The summed E-state index contributed by atoms with van der Waals surface area (Å²) in [4.78, 5) is 48.8. The topological polar surface area (TPSA) is 125 Å². The number of carbonyl (C=O) groups excluding carboxylic acids is 2. The molecule has 1 unspecified atom stereocenters. The van der Waals surface area contributed by atoms with Gasteiger partial charge in [-0.05, 0) is 48.7 Å². The van der Waals surface area contributed by atoms with Gasteiger partial charge in [-0.15, -0.1) is 5.06 Å². The van der Waals surface area contributed by atoms with Gasteiger partial charge in [-0.3, -0.25) is 19.9 Å². The highest BCUT2D eigenvalue weighted by Gasteiger charge is 2.27. The summed E-state index contributed by atoms with van der Waals surface area (Å²) < 4.78 is 0. The lowest BCUT2D eigenvalue weighted by molar-refractivity contribution is -0.0636. The van der Waals surface area contributed by atoms with Gasteiger partial charge < -0.3 is 14.9 Å².